The van der Waals surface area contributed by atoms with Gasteiger partial charge in [-0.05, 0) is 19.1 Å². The van der Waals surface area contributed by atoms with Gasteiger partial charge in [0.15, 0.2) is 0 Å². The first-order valence-corrected chi connectivity index (χ1v) is 6.44. The van der Waals surface area contributed by atoms with Gasteiger partial charge in [-0.3, -0.25) is 4.98 Å². The van der Waals surface area contributed by atoms with Crippen molar-refractivity contribution in [2.75, 3.05) is 0 Å². The summed E-state index contributed by atoms with van der Waals surface area (Å²) in [6.45, 7) is 3.33. The molecule has 0 spiro atoms. The Morgan fingerprint density at radius 1 is 1.40 bits per heavy atom. The van der Waals surface area contributed by atoms with Crippen LogP contribution in [0.2, 0.25) is 5.02 Å². The van der Waals surface area contributed by atoms with Crippen molar-refractivity contribution in [2.24, 2.45) is 5.14 Å². The minimum absolute atomic E-state index is 0.253. The number of primary sulfonamides is 1. The molecule has 0 fully saturated rings. The molecule has 0 amide bonds. The van der Waals surface area contributed by atoms with E-state index < -0.39 is 15.3 Å². The van der Waals surface area contributed by atoms with Gasteiger partial charge >= 0.3 is 0 Å². The number of rotatable bonds is 3. The van der Waals surface area contributed by atoms with Crippen LogP contribution in [0.3, 0.4) is 0 Å². The number of sulfonamides is 1. The van der Waals surface area contributed by atoms with Crippen LogP contribution >= 0.6 is 11.6 Å². The molecule has 0 radical (unpaired) electrons. The van der Waals surface area contributed by atoms with Gasteiger partial charge in [0.1, 0.15) is 0 Å². The van der Waals surface area contributed by atoms with E-state index in [1.165, 1.54) is 6.20 Å². The molecule has 0 saturated heterocycles. The Balaban J connectivity index is 2.95. The molecule has 0 unspecified atom stereocenters. The van der Waals surface area contributed by atoms with Gasteiger partial charge < -0.3 is 0 Å². The summed E-state index contributed by atoms with van der Waals surface area (Å²) >= 11 is 5.68. The molecule has 0 aliphatic rings. The summed E-state index contributed by atoms with van der Waals surface area (Å²) in [4.78, 5) is 4.06. The Kier molecular flexibility index (Phi) is 3.70. The normalized spacial score (nSPS) is 16.0. The lowest BCUT2D eigenvalue weighted by Crippen LogP contribution is -2.30. The van der Waals surface area contributed by atoms with Crippen molar-refractivity contribution in [2.45, 2.75) is 25.0 Å². The minimum Gasteiger partial charge on any atom is -0.259 e. The van der Waals surface area contributed by atoms with Crippen molar-refractivity contribution < 1.29 is 8.42 Å². The Morgan fingerprint density at radius 3 is 2.40 bits per heavy atom. The van der Waals surface area contributed by atoms with Crippen molar-refractivity contribution in [3.05, 3.63) is 29.0 Å². The maximum Gasteiger partial charge on any atom is 0.212 e. The fourth-order valence-electron chi connectivity index (χ4n) is 1.18. The zero-order valence-corrected chi connectivity index (χ0v) is 10.1. The minimum atomic E-state index is -3.53. The lowest BCUT2D eigenvalue weighted by molar-refractivity contribution is 0.568. The Hall–Kier alpha value is -0.650. The molecule has 1 aromatic rings. The SMILES string of the molecule is C[C@H](c1ccc(Cl)cn1)[C@H](C)S(N)(=O)=O. The molecule has 0 aliphatic heterocycles. The van der Waals surface area contributed by atoms with Crippen LogP contribution in [0.4, 0.5) is 0 Å². The number of nitrogens with zero attached hydrogens (tertiary/aromatic N) is 1. The van der Waals surface area contributed by atoms with Crippen molar-refractivity contribution >= 4 is 21.6 Å². The quantitative estimate of drug-likeness (QED) is 0.881. The Bertz CT molecular complexity index is 430. The van der Waals surface area contributed by atoms with E-state index in [0.717, 1.165) is 0 Å². The van der Waals surface area contributed by atoms with Gasteiger partial charge in [-0.25, -0.2) is 13.6 Å². The number of halogens is 1. The Labute approximate surface area is 94.5 Å². The second kappa shape index (κ2) is 4.47. The number of hydrogen-bond acceptors (Lipinski definition) is 3. The van der Waals surface area contributed by atoms with E-state index in [-0.39, 0.29) is 5.92 Å². The molecule has 1 heterocycles. The summed E-state index contributed by atoms with van der Waals surface area (Å²) in [5, 5.41) is 4.93. The van der Waals surface area contributed by atoms with Crippen LogP contribution in [-0.2, 0) is 10.0 Å². The molecule has 1 rings (SSSR count). The molecule has 0 saturated carbocycles. The zero-order valence-electron chi connectivity index (χ0n) is 8.51. The summed E-state index contributed by atoms with van der Waals surface area (Å²) in [6, 6.07) is 3.38. The van der Waals surface area contributed by atoms with E-state index in [4.69, 9.17) is 16.7 Å². The highest BCUT2D eigenvalue weighted by Crippen LogP contribution is 2.21. The van der Waals surface area contributed by atoms with Gasteiger partial charge in [-0.2, -0.15) is 0 Å². The molecule has 6 heteroatoms. The van der Waals surface area contributed by atoms with Crippen molar-refractivity contribution in [1.29, 1.82) is 0 Å². The molecule has 2 atom stereocenters. The maximum atomic E-state index is 11.1. The van der Waals surface area contributed by atoms with Crippen molar-refractivity contribution in [1.82, 2.24) is 4.98 Å². The average Bonchev–Trinajstić information content (AvgIpc) is 2.15. The van der Waals surface area contributed by atoms with Gasteiger partial charge in [-0.15, -0.1) is 0 Å². The lowest BCUT2D eigenvalue weighted by Gasteiger charge is -2.17. The number of pyridine rings is 1. The average molecular weight is 249 g/mol. The van der Waals surface area contributed by atoms with Crippen LogP contribution in [-0.4, -0.2) is 18.7 Å². The summed E-state index contributed by atoms with van der Waals surface area (Å²) < 4.78 is 22.3. The van der Waals surface area contributed by atoms with Gasteiger partial charge in [0.05, 0.1) is 10.3 Å². The molecular formula is C9H13ClN2O2S. The summed E-state index contributed by atoms with van der Waals surface area (Å²) in [6.07, 6.45) is 1.49. The van der Waals surface area contributed by atoms with Crippen LogP contribution in [0.15, 0.2) is 18.3 Å². The van der Waals surface area contributed by atoms with Crippen LogP contribution < -0.4 is 5.14 Å². The summed E-state index contributed by atoms with van der Waals surface area (Å²) in [5.74, 6) is -0.253. The topological polar surface area (TPSA) is 73.0 Å². The first-order valence-electron chi connectivity index (χ1n) is 4.45. The first-order chi connectivity index (χ1) is 6.82. The molecular weight excluding hydrogens is 236 g/mol. The third-order valence-electron chi connectivity index (χ3n) is 2.44. The second-order valence-electron chi connectivity index (χ2n) is 3.48. The molecule has 4 nitrogen and oxygen atoms in total. The molecule has 1 aromatic heterocycles. The monoisotopic (exact) mass is 248 g/mol. The standard InChI is InChI=1S/C9H13ClN2O2S/c1-6(7(2)15(11,13)14)9-4-3-8(10)5-12-9/h3-7H,1-2H3,(H2,11,13,14)/t6-,7-/m0/s1. The smallest absolute Gasteiger partial charge is 0.212 e. The van der Waals surface area contributed by atoms with Gasteiger partial charge in [0.25, 0.3) is 0 Å². The fraction of sp³-hybridized carbons (Fsp3) is 0.444. The van der Waals surface area contributed by atoms with Gasteiger partial charge in [0.2, 0.25) is 10.0 Å². The first kappa shape index (κ1) is 12.4. The third-order valence-corrected chi connectivity index (χ3v) is 4.11. The number of hydrogen-bond donors (Lipinski definition) is 1. The number of aromatic nitrogens is 1. The van der Waals surface area contributed by atoms with Crippen molar-refractivity contribution in [3.8, 4) is 0 Å². The van der Waals surface area contributed by atoms with E-state index in [1.807, 2.05) is 0 Å². The highest BCUT2D eigenvalue weighted by molar-refractivity contribution is 7.89. The van der Waals surface area contributed by atoms with Gasteiger partial charge in [0, 0.05) is 17.8 Å². The lowest BCUT2D eigenvalue weighted by atomic mass is 10.0. The summed E-state index contributed by atoms with van der Waals surface area (Å²) in [5.41, 5.74) is 0.668. The van der Waals surface area contributed by atoms with E-state index in [0.29, 0.717) is 10.7 Å². The van der Waals surface area contributed by atoms with Crippen LogP contribution in [0.25, 0.3) is 0 Å². The second-order valence-corrected chi connectivity index (χ2v) is 5.84. The number of nitrogens with two attached hydrogens (primary N) is 1. The zero-order chi connectivity index (χ0) is 11.6. The highest BCUT2D eigenvalue weighted by atomic mass is 35.5. The predicted octanol–water partition coefficient (Wildman–Crippen LogP) is 1.52. The molecule has 15 heavy (non-hydrogen) atoms. The van der Waals surface area contributed by atoms with E-state index in [2.05, 4.69) is 4.98 Å². The van der Waals surface area contributed by atoms with Crippen molar-refractivity contribution in [3.63, 3.8) is 0 Å². The fourth-order valence-corrected chi connectivity index (χ4v) is 2.00. The van der Waals surface area contributed by atoms with Crippen LogP contribution in [0.5, 0.6) is 0 Å². The predicted molar refractivity (Wildman–Crippen MR) is 60.2 cm³/mol. The molecule has 2 N–H and O–H groups in total. The Morgan fingerprint density at radius 2 is 2.00 bits per heavy atom. The largest absolute Gasteiger partial charge is 0.259 e. The highest BCUT2D eigenvalue weighted by Gasteiger charge is 2.24. The van der Waals surface area contributed by atoms with Gasteiger partial charge in [-0.1, -0.05) is 18.5 Å². The van der Waals surface area contributed by atoms with Crippen LogP contribution in [0.1, 0.15) is 25.5 Å². The molecule has 0 aliphatic carbocycles. The third kappa shape index (κ3) is 3.15. The molecule has 0 bridgehead atoms. The molecule has 84 valence electrons. The van der Waals surface area contributed by atoms with Crippen LogP contribution in [0, 0.1) is 0 Å². The summed E-state index contributed by atoms with van der Waals surface area (Å²) in [7, 11) is -3.53. The van der Waals surface area contributed by atoms with E-state index in [1.54, 1.807) is 26.0 Å². The van der Waals surface area contributed by atoms with E-state index in [9.17, 15) is 8.42 Å². The maximum absolute atomic E-state index is 11.1. The molecule has 0 aromatic carbocycles. The van der Waals surface area contributed by atoms with E-state index >= 15 is 0 Å².